The van der Waals surface area contributed by atoms with Crippen LogP contribution in [-0.2, 0) is 19.5 Å². The summed E-state index contributed by atoms with van der Waals surface area (Å²) in [5.41, 5.74) is 8.78. The van der Waals surface area contributed by atoms with Gasteiger partial charge < -0.3 is 10.6 Å². The quantitative estimate of drug-likeness (QED) is 0.924. The van der Waals surface area contributed by atoms with Crippen LogP contribution in [-0.4, -0.2) is 11.5 Å². The average molecular weight is 263 g/mol. The Morgan fingerprint density at radius 2 is 2.33 bits per heavy atom. The first kappa shape index (κ1) is 11.6. The summed E-state index contributed by atoms with van der Waals surface area (Å²) in [5.74, 6) is -0.179. The van der Waals surface area contributed by atoms with Crippen molar-refractivity contribution in [1.82, 2.24) is 4.98 Å². The van der Waals surface area contributed by atoms with Gasteiger partial charge in [0.05, 0.1) is 12.2 Å². The summed E-state index contributed by atoms with van der Waals surface area (Å²) < 4.78 is 13.3. The predicted octanol–water partition coefficient (Wildman–Crippen LogP) is 2.30. The Morgan fingerprint density at radius 3 is 3.11 bits per heavy atom. The second-order valence-corrected chi connectivity index (χ2v) is 5.32. The highest BCUT2D eigenvalue weighted by Crippen LogP contribution is 2.30. The van der Waals surface area contributed by atoms with E-state index < -0.39 is 0 Å². The van der Waals surface area contributed by atoms with Crippen molar-refractivity contribution >= 4 is 17.0 Å². The van der Waals surface area contributed by atoms with Crippen molar-refractivity contribution in [1.29, 1.82) is 0 Å². The predicted molar refractivity (Wildman–Crippen MR) is 71.2 cm³/mol. The number of hydrogen-bond acceptors (Lipinski definition) is 4. The number of hydrogen-bond donors (Lipinski definition) is 1. The number of fused-ring (bicyclic) bond motifs is 1. The van der Waals surface area contributed by atoms with E-state index in [1.165, 1.54) is 11.6 Å². The molecular weight excluding hydrogens is 249 g/mol. The first-order valence-corrected chi connectivity index (χ1v) is 6.81. The molecule has 2 N–H and O–H groups in total. The van der Waals surface area contributed by atoms with Crippen LogP contribution in [0.1, 0.15) is 16.3 Å². The summed E-state index contributed by atoms with van der Waals surface area (Å²) in [6, 6.07) is 5.01. The van der Waals surface area contributed by atoms with Crippen molar-refractivity contribution in [2.75, 3.05) is 11.4 Å². The topological polar surface area (TPSA) is 42.1 Å². The van der Waals surface area contributed by atoms with E-state index >= 15 is 0 Å². The summed E-state index contributed by atoms with van der Waals surface area (Å²) in [6.07, 6.45) is 0.976. The molecule has 0 saturated carbocycles. The van der Waals surface area contributed by atoms with Gasteiger partial charge in [0.2, 0.25) is 0 Å². The maximum atomic E-state index is 13.3. The molecule has 3 nitrogen and oxygen atoms in total. The molecule has 1 aliphatic rings. The summed E-state index contributed by atoms with van der Waals surface area (Å²) in [5, 5.41) is 2.98. The first-order valence-electron chi connectivity index (χ1n) is 5.93. The van der Waals surface area contributed by atoms with Crippen LogP contribution in [0.5, 0.6) is 0 Å². The zero-order valence-corrected chi connectivity index (χ0v) is 10.7. The van der Waals surface area contributed by atoms with E-state index in [4.69, 9.17) is 5.73 Å². The highest BCUT2D eigenvalue weighted by atomic mass is 32.1. The molecule has 0 unspecified atom stereocenters. The zero-order valence-electron chi connectivity index (χ0n) is 9.90. The SMILES string of the molecule is NCc1nc(CN2CCc3ccc(F)cc32)cs1. The Kier molecular flexibility index (Phi) is 3.01. The van der Waals surface area contributed by atoms with Gasteiger partial charge in [-0.25, -0.2) is 9.37 Å². The molecule has 0 aliphatic carbocycles. The third kappa shape index (κ3) is 2.11. The summed E-state index contributed by atoms with van der Waals surface area (Å²) in [7, 11) is 0. The largest absolute Gasteiger partial charge is 0.365 e. The molecule has 0 bridgehead atoms. The van der Waals surface area contributed by atoms with E-state index in [0.29, 0.717) is 6.54 Å². The second-order valence-electron chi connectivity index (χ2n) is 4.38. The van der Waals surface area contributed by atoms with Gasteiger partial charge in [0.1, 0.15) is 10.8 Å². The van der Waals surface area contributed by atoms with Gasteiger partial charge in [0.25, 0.3) is 0 Å². The summed E-state index contributed by atoms with van der Waals surface area (Å²) in [6.45, 7) is 2.14. The van der Waals surface area contributed by atoms with Crippen LogP contribution in [0.4, 0.5) is 10.1 Å². The second kappa shape index (κ2) is 4.66. The Bertz CT molecular complexity index is 567. The molecule has 0 radical (unpaired) electrons. The van der Waals surface area contributed by atoms with Crippen LogP contribution >= 0.6 is 11.3 Å². The van der Waals surface area contributed by atoms with E-state index in [-0.39, 0.29) is 5.82 Å². The number of thiazole rings is 1. The number of benzene rings is 1. The Balaban J connectivity index is 1.81. The van der Waals surface area contributed by atoms with Crippen molar-refractivity contribution in [3.63, 3.8) is 0 Å². The van der Waals surface area contributed by atoms with E-state index in [1.54, 1.807) is 17.4 Å². The zero-order chi connectivity index (χ0) is 12.5. The normalized spacial score (nSPS) is 14.0. The van der Waals surface area contributed by atoms with E-state index in [9.17, 15) is 4.39 Å². The Labute approximate surface area is 109 Å². The lowest BCUT2D eigenvalue weighted by Crippen LogP contribution is -2.20. The van der Waals surface area contributed by atoms with Crippen molar-refractivity contribution in [2.45, 2.75) is 19.5 Å². The molecular formula is C13H14FN3S. The molecule has 2 heterocycles. The van der Waals surface area contributed by atoms with Crippen molar-refractivity contribution in [3.05, 3.63) is 45.7 Å². The van der Waals surface area contributed by atoms with E-state index in [2.05, 4.69) is 9.88 Å². The third-order valence-electron chi connectivity index (χ3n) is 3.17. The number of rotatable bonds is 3. The van der Waals surface area contributed by atoms with Crippen molar-refractivity contribution < 1.29 is 4.39 Å². The molecule has 1 aromatic carbocycles. The molecule has 0 fully saturated rings. The molecule has 3 rings (SSSR count). The molecule has 18 heavy (non-hydrogen) atoms. The fourth-order valence-electron chi connectivity index (χ4n) is 2.29. The number of nitrogens with zero attached hydrogens (tertiary/aromatic N) is 2. The molecule has 2 aromatic rings. The van der Waals surface area contributed by atoms with E-state index in [0.717, 1.165) is 35.9 Å². The van der Waals surface area contributed by atoms with Crippen LogP contribution in [0.25, 0.3) is 0 Å². The first-order chi connectivity index (χ1) is 8.76. The van der Waals surface area contributed by atoms with Gasteiger partial charge in [-0.2, -0.15) is 0 Å². The lowest BCUT2D eigenvalue weighted by atomic mass is 10.2. The number of anilines is 1. The minimum Gasteiger partial charge on any atom is -0.365 e. The van der Waals surface area contributed by atoms with Crippen LogP contribution in [0.15, 0.2) is 23.6 Å². The van der Waals surface area contributed by atoms with Crippen LogP contribution in [0.2, 0.25) is 0 Å². The lowest BCUT2D eigenvalue weighted by Gasteiger charge is -2.17. The van der Waals surface area contributed by atoms with Gasteiger partial charge >= 0.3 is 0 Å². The molecule has 5 heteroatoms. The third-order valence-corrected chi connectivity index (χ3v) is 4.09. The van der Waals surface area contributed by atoms with Gasteiger partial charge in [0, 0.05) is 24.2 Å². The minimum absolute atomic E-state index is 0.179. The summed E-state index contributed by atoms with van der Waals surface area (Å²) >= 11 is 1.58. The Morgan fingerprint density at radius 1 is 1.44 bits per heavy atom. The molecule has 1 aromatic heterocycles. The summed E-state index contributed by atoms with van der Waals surface area (Å²) in [4.78, 5) is 6.62. The van der Waals surface area contributed by atoms with Crippen molar-refractivity contribution in [3.8, 4) is 0 Å². The van der Waals surface area contributed by atoms with Crippen LogP contribution < -0.4 is 10.6 Å². The van der Waals surface area contributed by atoms with E-state index in [1.807, 2.05) is 11.4 Å². The van der Waals surface area contributed by atoms with Crippen LogP contribution in [0, 0.1) is 5.82 Å². The molecule has 0 atom stereocenters. The smallest absolute Gasteiger partial charge is 0.125 e. The molecule has 0 saturated heterocycles. The number of halogens is 1. The molecule has 0 spiro atoms. The fraction of sp³-hybridized carbons (Fsp3) is 0.308. The number of aromatic nitrogens is 1. The Hall–Kier alpha value is -1.46. The molecule has 0 amide bonds. The monoisotopic (exact) mass is 263 g/mol. The average Bonchev–Trinajstić information content (AvgIpc) is 2.97. The standard InChI is InChI=1S/C13H14FN3S/c14-10-2-1-9-3-4-17(12(9)5-10)7-11-8-18-13(6-15)16-11/h1-2,5,8H,3-4,6-7,15H2. The van der Waals surface area contributed by atoms with Gasteiger partial charge in [-0.15, -0.1) is 11.3 Å². The maximum Gasteiger partial charge on any atom is 0.125 e. The van der Waals surface area contributed by atoms with Crippen molar-refractivity contribution in [2.24, 2.45) is 5.73 Å². The lowest BCUT2D eigenvalue weighted by molar-refractivity contribution is 0.627. The minimum atomic E-state index is -0.179. The van der Waals surface area contributed by atoms with Gasteiger partial charge in [-0.05, 0) is 24.1 Å². The molecule has 1 aliphatic heterocycles. The molecule has 94 valence electrons. The van der Waals surface area contributed by atoms with Crippen LogP contribution in [0.3, 0.4) is 0 Å². The highest BCUT2D eigenvalue weighted by molar-refractivity contribution is 7.09. The maximum absolute atomic E-state index is 13.3. The van der Waals surface area contributed by atoms with Gasteiger partial charge in [-0.1, -0.05) is 6.07 Å². The number of nitrogens with two attached hydrogens (primary N) is 1. The fourth-order valence-corrected chi connectivity index (χ4v) is 2.96. The van der Waals surface area contributed by atoms with Gasteiger partial charge in [-0.3, -0.25) is 0 Å². The van der Waals surface area contributed by atoms with Gasteiger partial charge in [0.15, 0.2) is 0 Å². The highest BCUT2D eigenvalue weighted by Gasteiger charge is 2.20.